The summed E-state index contributed by atoms with van der Waals surface area (Å²) < 4.78 is 6.24. The van der Waals surface area contributed by atoms with Gasteiger partial charge in [-0.3, -0.25) is 4.79 Å². The second kappa shape index (κ2) is 7.63. The van der Waals surface area contributed by atoms with Crippen LogP contribution in [0, 0.1) is 6.92 Å². The minimum atomic E-state index is -0.426. The van der Waals surface area contributed by atoms with Gasteiger partial charge in [0.2, 0.25) is 11.1 Å². The van der Waals surface area contributed by atoms with Gasteiger partial charge in [0, 0.05) is 5.69 Å². The Morgan fingerprint density at radius 1 is 1.39 bits per heavy atom. The zero-order valence-corrected chi connectivity index (χ0v) is 13.6. The number of aryl methyl sites for hydroxylation is 1. The van der Waals surface area contributed by atoms with E-state index in [0.717, 1.165) is 0 Å². The molecule has 0 aliphatic carbocycles. The number of hydrogen-bond acceptors (Lipinski definition) is 7. The van der Waals surface area contributed by atoms with Gasteiger partial charge in [0.25, 0.3) is 0 Å². The molecule has 0 aliphatic heterocycles. The Labute approximate surface area is 137 Å². The van der Waals surface area contributed by atoms with E-state index in [-0.39, 0.29) is 11.7 Å². The predicted molar refractivity (Wildman–Crippen MR) is 86.7 cm³/mol. The first kappa shape index (κ1) is 16.8. The molecule has 0 saturated heterocycles. The molecule has 2 rings (SSSR count). The van der Waals surface area contributed by atoms with Crippen LogP contribution in [0.25, 0.3) is 0 Å². The van der Waals surface area contributed by atoms with E-state index in [1.165, 1.54) is 16.4 Å². The van der Waals surface area contributed by atoms with E-state index < -0.39 is 5.97 Å². The molecule has 3 N–H and O–H groups in total. The summed E-state index contributed by atoms with van der Waals surface area (Å²) in [5, 5.41) is 10.8. The van der Waals surface area contributed by atoms with E-state index in [2.05, 4.69) is 15.5 Å². The molecule has 0 atom stereocenters. The highest BCUT2D eigenvalue weighted by Gasteiger charge is 2.11. The molecule has 0 radical (unpaired) electrons. The molecule has 1 aromatic carbocycles. The Morgan fingerprint density at radius 2 is 2.17 bits per heavy atom. The standard InChI is InChI=1S/C14H17N5O3S/c1-3-22-13(21)10-5-4-6-11(7-10)16-12(20)8-23-14-18-17-9(2)19(14)15/h4-7H,3,8,15H2,1-2H3,(H,16,20). The second-order valence-corrected chi connectivity index (χ2v) is 5.48. The lowest BCUT2D eigenvalue weighted by Crippen LogP contribution is -2.16. The lowest BCUT2D eigenvalue weighted by Gasteiger charge is -2.07. The molecule has 1 heterocycles. The van der Waals surface area contributed by atoms with Gasteiger partial charge >= 0.3 is 5.97 Å². The van der Waals surface area contributed by atoms with E-state index in [1.54, 1.807) is 38.1 Å². The molecule has 23 heavy (non-hydrogen) atoms. The van der Waals surface area contributed by atoms with Gasteiger partial charge in [0.15, 0.2) is 0 Å². The number of nitrogens with zero attached hydrogens (tertiary/aromatic N) is 3. The van der Waals surface area contributed by atoms with Crippen molar-refractivity contribution in [1.82, 2.24) is 14.9 Å². The van der Waals surface area contributed by atoms with Crippen molar-refractivity contribution in [3.05, 3.63) is 35.7 Å². The zero-order valence-electron chi connectivity index (χ0n) is 12.8. The molecule has 0 aliphatic rings. The molecule has 0 unspecified atom stereocenters. The molecule has 1 amide bonds. The highest BCUT2D eigenvalue weighted by molar-refractivity contribution is 7.99. The van der Waals surface area contributed by atoms with Crippen LogP contribution in [-0.2, 0) is 9.53 Å². The quantitative estimate of drug-likeness (QED) is 0.463. The van der Waals surface area contributed by atoms with Gasteiger partial charge in [0.1, 0.15) is 5.82 Å². The van der Waals surface area contributed by atoms with E-state index in [9.17, 15) is 9.59 Å². The van der Waals surface area contributed by atoms with Crippen molar-refractivity contribution in [1.29, 1.82) is 0 Å². The van der Waals surface area contributed by atoms with Crippen LogP contribution in [0.4, 0.5) is 5.69 Å². The topological polar surface area (TPSA) is 112 Å². The molecule has 9 heteroatoms. The molecular formula is C14H17N5O3S. The largest absolute Gasteiger partial charge is 0.462 e. The first-order valence-electron chi connectivity index (χ1n) is 6.88. The summed E-state index contributed by atoms with van der Waals surface area (Å²) in [6.45, 7) is 3.75. The Hall–Kier alpha value is -2.55. The molecule has 0 fully saturated rings. The van der Waals surface area contributed by atoms with Crippen molar-refractivity contribution in [2.45, 2.75) is 19.0 Å². The third-order valence-corrected chi connectivity index (χ3v) is 3.77. The first-order valence-corrected chi connectivity index (χ1v) is 7.86. The maximum Gasteiger partial charge on any atom is 0.338 e. The predicted octanol–water partition coefficient (Wildman–Crippen LogP) is 1.21. The van der Waals surface area contributed by atoms with E-state index in [1.807, 2.05) is 0 Å². The number of carbonyl (C=O) groups excluding carboxylic acids is 2. The summed E-state index contributed by atoms with van der Waals surface area (Å²) >= 11 is 1.17. The van der Waals surface area contributed by atoms with E-state index in [0.29, 0.717) is 28.8 Å². The van der Waals surface area contributed by atoms with Crippen LogP contribution < -0.4 is 11.2 Å². The third kappa shape index (κ3) is 4.46. The fraction of sp³-hybridized carbons (Fsp3) is 0.286. The van der Waals surface area contributed by atoms with Crippen LogP contribution in [0.1, 0.15) is 23.1 Å². The summed E-state index contributed by atoms with van der Waals surface area (Å²) in [6.07, 6.45) is 0. The number of anilines is 1. The number of nitrogens with two attached hydrogens (primary N) is 1. The second-order valence-electron chi connectivity index (χ2n) is 4.54. The fourth-order valence-electron chi connectivity index (χ4n) is 1.71. The van der Waals surface area contributed by atoms with E-state index >= 15 is 0 Å². The van der Waals surface area contributed by atoms with Crippen LogP contribution in [0.15, 0.2) is 29.4 Å². The lowest BCUT2D eigenvalue weighted by molar-refractivity contribution is -0.113. The maximum atomic E-state index is 12.0. The third-order valence-electron chi connectivity index (χ3n) is 2.82. The number of carbonyl (C=O) groups is 2. The highest BCUT2D eigenvalue weighted by Crippen LogP contribution is 2.16. The average molecular weight is 335 g/mol. The lowest BCUT2D eigenvalue weighted by atomic mass is 10.2. The molecule has 0 saturated carbocycles. The monoisotopic (exact) mass is 335 g/mol. The number of aromatic nitrogens is 3. The van der Waals surface area contributed by atoms with Crippen molar-refractivity contribution in [2.24, 2.45) is 0 Å². The number of nitrogens with one attached hydrogen (secondary N) is 1. The summed E-state index contributed by atoms with van der Waals surface area (Å²) in [4.78, 5) is 23.6. The van der Waals surface area contributed by atoms with Gasteiger partial charge in [0.05, 0.1) is 17.9 Å². The normalized spacial score (nSPS) is 10.3. The molecule has 2 aromatic rings. The summed E-state index contributed by atoms with van der Waals surface area (Å²) in [7, 11) is 0. The van der Waals surface area contributed by atoms with Gasteiger partial charge in [-0.05, 0) is 32.0 Å². The smallest absolute Gasteiger partial charge is 0.338 e. The average Bonchev–Trinajstić information content (AvgIpc) is 2.85. The number of benzene rings is 1. The molecule has 0 spiro atoms. The van der Waals surface area contributed by atoms with Gasteiger partial charge < -0.3 is 15.9 Å². The number of rotatable bonds is 6. The Morgan fingerprint density at radius 3 is 2.83 bits per heavy atom. The number of esters is 1. The summed E-state index contributed by atoms with van der Waals surface area (Å²) in [5.41, 5.74) is 0.904. The minimum Gasteiger partial charge on any atom is -0.462 e. The van der Waals surface area contributed by atoms with E-state index in [4.69, 9.17) is 10.6 Å². The number of ether oxygens (including phenoxy) is 1. The Bertz CT molecular complexity index is 716. The molecule has 1 aromatic heterocycles. The number of thioether (sulfide) groups is 1. The van der Waals surface area contributed by atoms with Crippen LogP contribution >= 0.6 is 11.8 Å². The highest BCUT2D eigenvalue weighted by atomic mass is 32.2. The Balaban J connectivity index is 1.93. The van der Waals surface area contributed by atoms with Gasteiger partial charge in [-0.1, -0.05) is 17.8 Å². The zero-order chi connectivity index (χ0) is 16.8. The number of hydrogen-bond donors (Lipinski definition) is 2. The van der Waals surface area contributed by atoms with Gasteiger partial charge in [-0.25, -0.2) is 9.47 Å². The van der Waals surface area contributed by atoms with Crippen LogP contribution in [-0.4, -0.2) is 39.1 Å². The number of amides is 1. The van der Waals surface area contributed by atoms with Gasteiger partial charge in [-0.2, -0.15) is 0 Å². The summed E-state index contributed by atoms with van der Waals surface area (Å²) in [5.74, 6) is 5.73. The van der Waals surface area contributed by atoms with Crippen LogP contribution in [0.3, 0.4) is 0 Å². The van der Waals surface area contributed by atoms with Crippen molar-refractivity contribution < 1.29 is 14.3 Å². The van der Waals surface area contributed by atoms with Crippen LogP contribution in [0.2, 0.25) is 0 Å². The molecular weight excluding hydrogens is 318 g/mol. The summed E-state index contributed by atoms with van der Waals surface area (Å²) in [6, 6.07) is 6.56. The van der Waals surface area contributed by atoms with Gasteiger partial charge in [-0.15, -0.1) is 10.2 Å². The SMILES string of the molecule is CCOC(=O)c1cccc(NC(=O)CSc2nnc(C)n2N)c1. The minimum absolute atomic E-state index is 0.124. The molecule has 8 nitrogen and oxygen atoms in total. The van der Waals surface area contributed by atoms with Crippen molar-refractivity contribution in [3.63, 3.8) is 0 Å². The molecule has 122 valence electrons. The molecule has 0 bridgehead atoms. The maximum absolute atomic E-state index is 12.0. The van der Waals surface area contributed by atoms with Crippen molar-refractivity contribution in [3.8, 4) is 0 Å². The first-order chi connectivity index (χ1) is 11.0. The van der Waals surface area contributed by atoms with Crippen molar-refractivity contribution in [2.75, 3.05) is 23.5 Å². The van der Waals surface area contributed by atoms with Crippen LogP contribution in [0.5, 0.6) is 0 Å². The Kier molecular flexibility index (Phi) is 5.58. The fourth-order valence-corrected chi connectivity index (χ4v) is 2.42. The van der Waals surface area contributed by atoms with Crippen molar-refractivity contribution >= 4 is 29.3 Å². The number of nitrogen functional groups attached to an aromatic ring is 1.